The fourth-order valence-electron chi connectivity index (χ4n) is 2.18. The van der Waals surface area contributed by atoms with Crippen LogP contribution in [0.3, 0.4) is 0 Å². The van der Waals surface area contributed by atoms with Gasteiger partial charge in [0.05, 0.1) is 11.3 Å². The Morgan fingerprint density at radius 2 is 2.14 bits per heavy atom. The fourth-order valence-corrected chi connectivity index (χ4v) is 3.03. The van der Waals surface area contributed by atoms with Gasteiger partial charge in [-0.25, -0.2) is 4.98 Å². The Bertz CT molecular complexity index is 672. The minimum atomic E-state index is -0.769. The molecule has 7 heteroatoms. The lowest BCUT2D eigenvalue weighted by atomic mass is 10.1. The van der Waals surface area contributed by atoms with E-state index in [2.05, 4.69) is 15.0 Å². The summed E-state index contributed by atoms with van der Waals surface area (Å²) in [6.07, 6.45) is 0.794. The van der Waals surface area contributed by atoms with Gasteiger partial charge in [0.2, 0.25) is 4.96 Å². The van der Waals surface area contributed by atoms with Crippen LogP contribution in [0.4, 0.5) is 0 Å². The molecule has 0 amide bonds. The van der Waals surface area contributed by atoms with E-state index in [0.29, 0.717) is 18.1 Å². The van der Waals surface area contributed by atoms with Crippen LogP contribution in [-0.4, -0.2) is 43.3 Å². The molecule has 0 saturated carbocycles. The molecule has 0 aromatic carbocycles. The Morgan fingerprint density at radius 3 is 2.71 bits per heavy atom. The Balaban J connectivity index is 2.27. The van der Waals surface area contributed by atoms with Crippen molar-refractivity contribution >= 4 is 16.3 Å². The normalized spacial score (nSPS) is 12.5. The monoisotopic (exact) mass is 310 g/mol. The Hall–Kier alpha value is -1.31. The lowest BCUT2D eigenvalue weighted by Gasteiger charge is -2.27. The summed E-state index contributed by atoms with van der Waals surface area (Å²) >= 11 is 1.45. The predicted molar refractivity (Wildman–Crippen MR) is 83.8 cm³/mol. The Labute approximate surface area is 128 Å². The van der Waals surface area contributed by atoms with E-state index in [-0.39, 0.29) is 5.56 Å². The van der Waals surface area contributed by atoms with Crippen molar-refractivity contribution in [2.75, 3.05) is 13.1 Å². The largest absolute Gasteiger partial charge is 0.389 e. The number of aryl methyl sites for hydroxylation is 1. The molecule has 2 aromatic heterocycles. The summed E-state index contributed by atoms with van der Waals surface area (Å²) in [6, 6.07) is 1.53. The second-order valence-electron chi connectivity index (χ2n) is 5.75. The molecule has 0 fully saturated rings. The van der Waals surface area contributed by atoms with Crippen LogP contribution in [0, 0.1) is 0 Å². The third-order valence-corrected chi connectivity index (χ3v) is 4.14. The molecule has 0 aliphatic heterocycles. The third-order valence-electron chi connectivity index (χ3n) is 3.09. The molecule has 0 aliphatic rings. The molecule has 0 saturated heterocycles. The van der Waals surface area contributed by atoms with E-state index in [1.54, 1.807) is 13.8 Å². The number of hydrogen-bond acceptors (Lipinski definition) is 6. The predicted octanol–water partition coefficient (Wildman–Crippen LogP) is 1.31. The van der Waals surface area contributed by atoms with Gasteiger partial charge in [0.1, 0.15) is 5.01 Å². The molecular weight excluding hydrogens is 288 g/mol. The summed E-state index contributed by atoms with van der Waals surface area (Å²) in [7, 11) is 0. The minimum absolute atomic E-state index is 0.148. The minimum Gasteiger partial charge on any atom is -0.389 e. The number of nitrogens with zero attached hydrogens (tertiary/aromatic N) is 4. The molecule has 2 aromatic rings. The summed E-state index contributed by atoms with van der Waals surface area (Å²) in [5, 5.41) is 15.1. The quantitative estimate of drug-likeness (QED) is 0.871. The van der Waals surface area contributed by atoms with Crippen LogP contribution >= 0.6 is 11.3 Å². The summed E-state index contributed by atoms with van der Waals surface area (Å²) in [4.78, 5) is 19.3. The van der Waals surface area contributed by atoms with E-state index in [4.69, 9.17) is 0 Å². The third kappa shape index (κ3) is 4.09. The molecule has 2 rings (SSSR count). The zero-order chi connectivity index (χ0) is 15.6. The van der Waals surface area contributed by atoms with E-state index in [1.807, 2.05) is 13.8 Å². The standard InChI is InChI=1S/C14H22N4O2S/c1-5-11-16-18-12(19)7-10(15-13(18)21-11)8-17(6-2)9-14(3,4)20/h7,20H,5-6,8-9H2,1-4H3. The van der Waals surface area contributed by atoms with Crippen molar-refractivity contribution in [3.8, 4) is 0 Å². The first-order valence-electron chi connectivity index (χ1n) is 7.15. The lowest BCUT2D eigenvalue weighted by Crippen LogP contribution is -2.38. The number of aliphatic hydroxyl groups is 1. The summed E-state index contributed by atoms with van der Waals surface area (Å²) in [5.74, 6) is 0. The van der Waals surface area contributed by atoms with Crippen LogP contribution in [-0.2, 0) is 13.0 Å². The van der Waals surface area contributed by atoms with Crippen molar-refractivity contribution < 1.29 is 5.11 Å². The lowest BCUT2D eigenvalue weighted by molar-refractivity contribution is 0.0350. The average molecular weight is 310 g/mol. The first-order chi connectivity index (χ1) is 9.82. The van der Waals surface area contributed by atoms with Crippen molar-refractivity contribution in [2.45, 2.75) is 46.3 Å². The Morgan fingerprint density at radius 1 is 1.43 bits per heavy atom. The maximum atomic E-state index is 12.1. The first-order valence-corrected chi connectivity index (χ1v) is 7.97. The van der Waals surface area contributed by atoms with Gasteiger partial charge < -0.3 is 5.11 Å². The molecule has 0 bridgehead atoms. The zero-order valence-corrected chi connectivity index (χ0v) is 13.8. The highest BCUT2D eigenvalue weighted by Gasteiger charge is 2.18. The maximum Gasteiger partial charge on any atom is 0.275 e. The molecule has 0 spiro atoms. The molecule has 1 N–H and O–H groups in total. The molecule has 116 valence electrons. The van der Waals surface area contributed by atoms with Gasteiger partial charge in [0.15, 0.2) is 0 Å². The second kappa shape index (κ2) is 6.21. The van der Waals surface area contributed by atoms with E-state index < -0.39 is 5.60 Å². The summed E-state index contributed by atoms with van der Waals surface area (Å²) in [6.45, 7) is 9.45. The van der Waals surface area contributed by atoms with Crippen molar-refractivity contribution in [3.05, 3.63) is 27.1 Å². The summed E-state index contributed by atoms with van der Waals surface area (Å²) in [5.41, 5.74) is -0.197. The average Bonchev–Trinajstić information content (AvgIpc) is 2.80. The second-order valence-corrected chi connectivity index (χ2v) is 6.79. The van der Waals surface area contributed by atoms with E-state index in [0.717, 1.165) is 23.7 Å². The molecule has 2 heterocycles. The number of rotatable bonds is 6. The van der Waals surface area contributed by atoms with Gasteiger partial charge >= 0.3 is 0 Å². The van der Waals surface area contributed by atoms with Crippen molar-refractivity contribution in [2.24, 2.45) is 0 Å². The van der Waals surface area contributed by atoms with Crippen LogP contribution in [0.15, 0.2) is 10.9 Å². The van der Waals surface area contributed by atoms with Crippen LogP contribution in [0.1, 0.15) is 38.4 Å². The zero-order valence-electron chi connectivity index (χ0n) is 13.0. The van der Waals surface area contributed by atoms with E-state index >= 15 is 0 Å². The van der Waals surface area contributed by atoms with Gasteiger partial charge in [0.25, 0.3) is 5.56 Å². The summed E-state index contributed by atoms with van der Waals surface area (Å²) < 4.78 is 1.36. The highest BCUT2D eigenvalue weighted by molar-refractivity contribution is 7.16. The first kappa shape index (κ1) is 16.1. The molecule has 0 radical (unpaired) electrons. The van der Waals surface area contributed by atoms with Crippen LogP contribution in [0.5, 0.6) is 0 Å². The van der Waals surface area contributed by atoms with Gasteiger partial charge in [0, 0.05) is 19.2 Å². The maximum absolute atomic E-state index is 12.1. The van der Waals surface area contributed by atoms with Crippen LogP contribution in [0.25, 0.3) is 4.96 Å². The Kier molecular flexibility index (Phi) is 4.75. The highest BCUT2D eigenvalue weighted by Crippen LogP contribution is 2.13. The van der Waals surface area contributed by atoms with Gasteiger partial charge in [-0.2, -0.15) is 9.61 Å². The smallest absolute Gasteiger partial charge is 0.275 e. The number of likely N-dealkylation sites (N-methyl/N-ethyl adjacent to an activating group) is 1. The van der Waals surface area contributed by atoms with E-state index in [9.17, 15) is 9.90 Å². The molecule has 0 aliphatic carbocycles. The molecule has 6 nitrogen and oxygen atoms in total. The van der Waals surface area contributed by atoms with Gasteiger partial charge in [-0.05, 0) is 26.8 Å². The molecule has 0 atom stereocenters. The van der Waals surface area contributed by atoms with Crippen molar-refractivity contribution in [1.82, 2.24) is 19.5 Å². The molecule has 0 unspecified atom stereocenters. The fraction of sp³-hybridized carbons (Fsp3) is 0.643. The van der Waals surface area contributed by atoms with Crippen molar-refractivity contribution in [3.63, 3.8) is 0 Å². The SMILES string of the molecule is CCc1nn2c(=O)cc(CN(CC)CC(C)(C)O)nc2s1. The number of fused-ring (bicyclic) bond motifs is 1. The van der Waals surface area contributed by atoms with Gasteiger partial charge in [-0.1, -0.05) is 25.2 Å². The number of aromatic nitrogens is 3. The topological polar surface area (TPSA) is 70.7 Å². The van der Waals surface area contributed by atoms with Gasteiger partial charge in [-0.3, -0.25) is 9.69 Å². The van der Waals surface area contributed by atoms with Gasteiger partial charge in [-0.15, -0.1) is 0 Å². The van der Waals surface area contributed by atoms with Crippen molar-refractivity contribution in [1.29, 1.82) is 0 Å². The highest BCUT2D eigenvalue weighted by atomic mass is 32.1. The van der Waals surface area contributed by atoms with Crippen LogP contribution in [0.2, 0.25) is 0 Å². The van der Waals surface area contributed by atoms with Crippen LogP contribution < -0.4 is 5.56 Å². The number of hydrogen-bond donors (Lipinski definition) is 1. The molecular formula is C14H22N4O2S. The molecule has 21 heavy (non-hydrogen) atoms. The van der Waals surface area contributed by atoms with E-state index in [1.165, 1.54) is 21.9 Å².